The number of aromatic amines is 1. The van der Waals surface area contributed by atoms with Crippen molar-refractivity contribution in [1.82, 2.24) is 18.7 Å². The highest BCUT2D eigenvalue weighted by Crippen LogP contribution is 2.34. The normalized spacial score (nSPS) is 13.0. The first-order valence-electron chi connectivity index (χ1n) is 12.8. The van der Waals surface area contributed by atoms with Crippen molar-refractivity contribution in [1.29, 1.82) is 0 Å². The Hall–Kier alpha value is -4.40. The molecule has 1 saturated carbocycles. The van der Waals surface area contributed by atoms with Crippen LogP contribution < -0.4 is 22.1 Å². The second kappa shape index (κ2) is 9.48. The molecule has 0 unspecified atom stereocenters. The number of anilines is 2. The molecule has 0 bridgehead atoms. The molecule has 0 spiro atoms. The van der Waals surface area contributed by atoms with E-state index in [0.29, 0.717) is 5.69 Å². The molecule has 0 atom stereocenters. The Morgan fingerprint density at radius 3 is 2.42 bits per heavy atom. The number of fused-ring (bicyclic) bond motifs is 2. The molecule has 8 nitrogen and oxygen atoms in total. The molecule has 9 heteroatoms. The summed E-state index contributed by atoms with van der Waals surface area (Å²) in [5.41, 5.74) is 1.33. The maximum atomic E-state index is 14.8. The van der Waals surface area contributed by atoms with Crippen LogP contribution in [-0.2, 0) is 7.05 Å². The third-order valence-corrected chi connectivity index (χ3v) is 6.95. The summed E-state index contributed by atoms with van der Waals surface area (Å²) in [6.45, 7) is 7.38. The number of rotatable bonds is 4. The topological polar surface area (TPSA) is 93.8 Å². The second-order valence-corrected chi connectivity index (χ2v) is 9.41. The van der Waals surface area contributed by atoms with E-state index in [1.54, 1.807) is 38.2 Å². The predicted octanol–water partition coefficient (Wildman–Crippen LogP) is 5.19. The van der Waals surface area contributed by atoms with Crippen molar-refractivity contribution in [3.05, 3.63) is 96.8 Å². The lowest BCUT2D eigenvalue weighted by Gasteiger charge is -2.21. The molecule has 3 aromatic heterocycles. The van der Waals surface area contributed by atoms with Gasteiger partial charge in [-0.05, 0) is 62.6 Å². The van der Waals surface area contributed by atoms with Crippen molar-refractivity contribution in [3.63, 3.8) is 0 Å². The lowest BCUT2D eigenvalue weighted by Crippen LogP contribution is -2.41. The van der Waals surface area contributed by atoms with E-state index in [4.69, 9.17) is 0 Å². The molecule has 0 saturated heterocycles. The summed E-state index contributed by atoms with van der Waals surface area (Å²) >= 11 is 0. The van der Waals surface area contributed by atoms with Crippen LogP contribution in [0.15, 0.2) is 63.0 Å². The quantitative estimate of drug-likeness (QED) is 0.344. The molecule has 0 amide bonds. The number of halogens is 1. The van der Waals surface area contributed by atoms with E-state index in [1.807, 2.05) is 32.0 Å². The van der Waals surface area contributed by atoms with Gasteiger partial charge in [-0.1, -0.05) is 26.0 Å². The molecule has 0 radical (unpaired) electrons. The Morgan fingerprint density at radius 2 is 1.74 bits per heavy atom. The van der Waals surface area contributed by atoms with Gasteiger partial charge in [-0.25, -0.2) is 9.18 Å². The van der Waals surface area contributed by atoms with Crippen molar-refractivity contribution in [2.45, 2.75) is 46.6 Å². The molecular formula is C29H30FN5O3. The zero-order chi connectivity index (χ0) is 27.3. The lowest BCUT2D eigenvalue weighted by molar-refractivity contribution is 0.630. The molecule has 6 rings (SSSR count). The molecule has 1 fully saturated rings. The number of aryl methyl sites for hydroxylation is 2. The summed E-state index contributed by atoms with van der Waals surface area (Å²) in [4.78, 5) is 44.3. The summed E-state index contributed by atoms with van der Waals surface area (Å²) < 4.78 is 18.9. The fourth-order valence-corrected chi connectivity index (χ4v) is 4.95. The highest BCUT2D eigenvalue weighted by molar-refractivity contribution is 5.96. The van der Waals surface area contributed by atoms with Crippen LogP contribution in [0.1, 0.15) is 43.9 Å². The number of aromatic nitrogens is 4. The van der Waals surface area contributed by atoms with Crippen molar-refractivity contribution in [2.75, 3.05) is 5.32 Å². The number of hydrogen-bond donors (Lipinski definition) is 2. The van der Waals surface area contributed by atoms with E-state index in [0.717, 1.165) is 29.3 Å². The van der Waals surface area contributed by atoms with Gasteiger partial charge in [-0.15, -0.1) is 0 Å². The predicted molar refractivity (Wildman–Crippen MR) is 150 cm³/mol. The summed E-state index contributed by atoms with van der Waals surface area (Å²) in [7, 11) is 1.53. The van der Waals surface area contributed by atoms with Gasteiger partial charge in [0, 0.05) is 35.8 Å². The number of nitrogens with one attached hydrogen (secondary N) is 2. The van der Waals surface area contributed by atoms with E-state index in [2.05, 4.69) is 10.3 Å². The fourth-order valence-electron chi connectivity index (χ4n) is 4.95. The maximum Gasteiger partial charge on any atom is 0.336 e. The van der Waals surface area contributed by atoms with E-state index in [1.165, 1.54) is 26.8 Å². The fraction of sp³-hybridized carbons (Fsp3) is 0.276. The van der Waals surface area contributed by atoms with Crippen LogP contribution in [0.5, 0.6) is 0 Å². The Kier molecular flexibility index (Phi) is 6.30. The number of benzene rings is 2. The van der Waals surface area contributed by atoms with Gasteiger partial charge in [-0.3, -0.25) is 23.3 Å². The van der Waals surface area contributed by atoms with Crippen LogP contribution in [0.4, 0.5) is 15.9 Å². The average Bonchev–Trinajstić information content (AvgIpc) is 3.62. The highest BCUT2D eigenvalue weighted by atomic mass is 19.1. The molecular weight excluding hydrogens is 485 g/mol. The van der Waals surface area contributed by atoms with Crippen LogP contribution in [0.2, 0.25) is 0 Å². The van der Waals surface area contributed by atoms with Crippen molar-refractivity contribution < 1.29 is 4.39 Å². The molecule has 38 heavy (non-hydrogen) atoms. The Morgan fingerprint density at radius 1 is 1.00 bits per heavy atom. The van der Waals surface area contributed by atoms with Gasteiger partial charge in [0.2, 0.25) is 0 Å². The third-order valence-electron chi connectivity index (χ3n) is 6.95. The molecule has 3 heterocycles. The van der Waals surface area contributed by atoms with Gasteiger partial charge in [0.1, 0.15) is 17.0 Å². The van der Waals surface area contributed by atoms with E-state index < -0.39 is 22.6 Å². The average molecular weight is 516 g/mol. The first kappa shape index (κ1) is 25.3. The van der Waals surface area contributed by atoms with Gasteiger partial charge in [0.05, 0.1) is 16.9 Å². The van der Waals surface area contributed by atoms with Crippen molar-refractivity contribution >= 4 is 33.3 Å². The lowest BCUT2D eigenvalue weighted by atomic mass is 10.1. The third kappa shape index (κ3) is 3.86. The number of H-pyrrole nitrogens is 1. The van der Waals surface area contributed by atoms with Crippen LogP contribution in [0.25, 0.3) is 27.5 Å². The number of pyridine rings is 1. The molecule has 1 aliphatic carbocycles. The second-order valence-electron chi connectivity index (χ2n) is 9.41. The van der Waals surface area contributed by atoms with Gasteiger partial charge in [0.15, 0.2) is 0 Å². The Bertz CT molecular complexity index is 1890. The summed E-state index contributed by atoms with van der Waals surface area (Å²) in [6, 6.07) is 11.8. The van der Waals surface area contributed by atoms with Crippen LogP contribution in [0.3, 0.4) is 0 Å². The minimum Gasteiger partial charge on any atom is -0.361 e. The monoisotopic (exact) mass is 515 g/mol. The largest absolute Gasteiger partial charge is 0.361 e. The number of hydrogen-bond acceptors (Lipinski definition) is 4. The first-order valence-corrected chi connectivity index (χ1v) is 12.8. The van der Waals surface area contributed by atoms with E-state index in [-0.39, 0.29) is 34.0 Å². The first-order chi connectivity index (χ1) is 18.3. The standard InChI is InChI=1S/C27H24FN5O3.C2H6/c1-14-7-10-20(18(28)13-14)30-24-22-23(15(2)25(34)31(24)3)33(27(36)32(26(22)35)16-8-9-16)21-6-4-5-19-17(21)11-12-29-19;1-2/h4-7,10-13,16,29-30H,8-9H2,1-3H3;1-2H3. The SMILES string of the molecule is CC.Cc1ccc(Nc2c3c(=O)n(C4CC4)c(=O)n(-c4cccc5[nH]ccc45)c3c(C)c(=O)n2C)c(F)c1. The molecule has 2 aromatic carbocycles. The zero-order valence-corrected chi connectivity index (χ0v) is 22.1. The van der Waals surface area contributed by atoms with Crippen LogP contribution >= 0.6 is 0 Å². The molecule has 196 valence electrons. The molecule has 5 aromatic rings. The highest BCUT2D eigenvalue weighted by Gasteiger charge is 2.32. The Labute approximate surface area is 218 Å². The molecule has 1 aliphatic rings. The number of nitrogens with zero attached hydrogens (tertiary/aromatic N) is 3. The Balaban J connectivity index is 0.00000144. The molecule has 0 aliphatic heterocycles. The van der Waals surface area contributed by atoms with Gasteiger partial charge in [-0.2, -0.15) is 0 Å². The minimum absolute atomic E-state index is 0.128. The van der Waals surface area contributed by atoms with Gasteiger partial charge < -0.3 is 10.3 Å². The minimum atomic E-state index is -0.510. The smallest absolute Gasteiger partial charge is 0.336 e. The summed E-state index contributed by atoms with van der Waals surface area (Å²) in [5.74, 6) is -0.373. The van der Waals surface area contributed by atoms with E-state index >= 15 is 0 Å². The molecule has 2 N–H and O–H groups in total. The maximum absolute atomic E-state index is 14.8. The van der Waals surface area contributed by atoms with Crippen LogP contribution in [-0.4, -0.2) is 18.7 Å². The summed E-state index contributed by atoms with van der Waals surface area (Å²) in [5, 5.41) is 3.93. The zero-order valence-electron chi connectivity index (χ0n) is 22.1. The van der Waals surface area contributed by atoms with Gasteiger partial charge >= 0.3 is 5.69 Å². The van der Waals surface area contributed by atoms with Crippen LogP contribution in [0, 0.1) is 19.7 Å². The van der Waals surface area contributed by atoms with Crippen molar-refractivity contribution in [2.24, 2.45) is 7.05 Å². The summed E-state index contributed by atoms with van der Waals surface area (Å²) in [6.07, 6.45) is 3.21. The van der Waals surface area contributed by atoms with Crippen molar-refractivity contribution in [3.8, 4) is 5.69 Å². The van der Waals surface area contributed by atoms with Gasteiger partial charge in [0.25, 0.3) is 11.1 Å². The van der Waals surface area contributed by atoms with E-state index in [9.17, 15) is 18.8 Å².